The van der Waals surface area contributed by atoms with Crippen molar-refractivity contribution in [3.63, 3.8) is 0 Å². The first-order valence-electron chi connectivity index (χ1n) is 8.54. The molecule has 1 atom stereocenters. The van der Waals surface area contributed by atoms with Crippen molar-refractivity contribution in [3.8, 4) is 0 Å². The first-order chi connectivity index (χ1) is 12.0. The van der Waals surface area contributed by atoms with Gasteiger partial charge in [-0.1, -0.05) is 24.3 Å². The molecule has 1 aliphatic heterocycles. The van der Waals surface area contributed by atoms with Crippen LogP contribution in [0, 0.1) is 12.7 Å². The third-order valence-corrected chi connectivity index (χ3v) is 4.74. The zero-order chi connectivity index (χ0) is 18.0. The van der Waals surface area contributed by atoms with Crippen LogP contribution in [0.2, 0.25) is 0 Å². The molecule has 1 amide bonds. The monoisotopic (exact) mass is 342 g/mol. The highest BCUT2D eigenvalue weighted by Crippen LogP contribution is 2.25. The van der Waals surface area contributed by atoms with Crippen LogP contribution in [-0.4, -0.2) is 42.1 Å². The average molecular weight is 342 g/mol. The van der Waals surface area contributed by atoms with Gasteiger partial charge in [0, 0.05) is 31.7 Å². The predicted molar refractivity (Wildman–Crippen MR) is 96.3 cm³/mol. The molecule has 0 aliphatic carbocycles. The number of carbonyl (C=O) groups is 1. The van der Waals surface area contributed by atoms with E-state index >= 15 is 0 Å². The van der Waals surface area contributed by atoms with E-state index in [1.807, 2.05) is 41.0 Å². The SMILES string of the molecule is Cc1ccccc1C(=O)N1CCN(c2ccc(C(C)O)cc2F)CC1. The number of aliphatic hydroxyl groups excluding tert-OH is 1. The Hall–Kier alpha value is -2.40. The largest absolute Gasteiger partial charge is 0.389 e. The average Bonchev–Trinajstić information content (AvgIpc) is 2.61. The lowest BCUT2D eigenvalue weighted by atomic mass is 10.1. The van der Waals surface area contributed by atoms with Crippen LogP contribution in [0.25, 0.3) is 0 Å². The number of rotatable bonds is 3. The van der Waals surface area contributed by atoms with Crippen molar-refractivity contribution in [3.05, 3.63) is 65.0 Å². The molecule has 5 heteroatoms. The highest BCUT2D eigenvalue weighted by molar-refractivity contribution is 5.95. The lowest BCUT2D eigenvalue weighted by Crippen LogP contribution is -2.49. The Morgan fingerprint density at radius 2 is 1.80 bits per heavy atom. The number of aryl methyl sites for hydroxylation is 1. The van der Waals surface area contributed by atoms with E-state index in [-0.39, 0.29) is 11.7 Å². The predicted octanol–water partition coefficient (Wildman–Crippen LogP) is 3.15. The molecule has 0 spiro atoms. The molecular formula is C20H23FN2O2. The van der Waals surface area contributed by atoms with E-state index < -0.39 is 6.10 Å². The highest BCUT2D eigenvalue weighted by atomic mass is 19.1. The Morgan fingerprint density at radius 3 is 2.40 bits per heavy atom. The topological polar surface area (TPSA) is 43.8 Å². The summed E-state index contributed by atoms with van der Waals surface area (Å²) in [5, 5.41) is 9.55. The number of benzene rings is 2. The summed E-state index contributed by atoms with van der Waals surface area (Å²) in [4.78, 5) is 16.4. The van der Waals surface area contributed by atoms with Gasteiger partial charge in [0.05, 0.1) is 11.8 Å². The van der Waals surface area contributed by atoms with Gasteiger partial charge in [-0.05, 0) is 43.2 Å². The van der Waals surface area contributed by atoms with Crippen molar-refractivity contribution in [2.45, 2.75) is 20.0 Å². The first-order valence-corrected chi connectivity index (χ1v) is 8.54. The number of anilines is 1. The van der Waals surface area contributed by atoms with Crippen LogP contribution in [0.4, 0.5) is 10.1 Å². The van der Waals surface area contributed by atoms with Crippen molar-refractivity contribution >= 4 is 11.6 Å². The van der Waals surface area contributed by atoms with Gasteiger partial charge in [0.15, 0.2) is 0 Å². The van der Waals surface area contributed by atoms with Gasteiger partial charge in [0.2, 0.25) is 0 Å². The van der Waals surface area contributed by atoms with Gasteiger partial charge < -0.3 is 14.9 Å². The van der Waals surface area contributed by atoms with Crippen molar-refractivity contribution in [1.29, 1.82) is 0 Å². The summed E-state index contributed by atoms with van der Waals surface area (Å²) < 4.78 is 14.3. The van der Waals surface area contributed by atoms with Crippen LogP contribution in [-0.2, 0) is 0 Å². The van der Waals surface area contributed by atoms with Crippen molar-refractivity contribution in [2.24, 2.45) is 0 Å². The van der Waals surface area contributed by atoms with Crippen LogP contribution < -0.4 is 4.90 Å². The van der Waals surface area contributed by atoms with E-state index in [9.17, 15) is 14.3 Å². The molecule has 1 saturated heterocycles. The number of nitrogens with zero attached hydrogens (tertiary/aromatic N) is 2. The maximum atomic E-state index is 14.3. The lowest BCUT2D eigenvalue weighted by Gasteiger charge is -2.36. The highest BCUT2D eigenvalue weighted by Gasteiger charge is 2.24. The Kier molecular flexibility index (Phi) is 5.04. The fourth-order valence-electron chi connectivity index (χ4n) is 3.17. The molecule has 1 fully saturated rings. The Balaban J connectivity index is 1.68. The molecule has 0 radical (unpaired) electrons. The van der Waals surface area contributed by atoms with E-state index in [2.05, 4.69) is 0 Å². The minimum Gasteiger partial charge on any atom is -0.389 e. The maximum absolute atomic E-state index is 14.3. The summed E-state index contributed by atoms with van der Waals surface area (Å²) in [5.74, 6) is -0.306. The van der Waals surface area contributed by atoms with Crippen molar-refractivity contribution in [1.82, 2.24) is 4.90 Å². The van der Waals surface area contributed by atoms with E-state index in [0.29, 0.717) is 37.4 Å². The number of hydrogen-bond acceptors (Lipinski definition) is 3. The molecular weight excluding hydrogens is 319 g/mol. The van der Waals surface area contributed by atoms with E-state index in [4.69, 9.17) is 0 Å². The van der Waals surface area contributed by atoms with Crippen molar-refractivity contribution < 1.29 is 14.3 Å². The van der Waals surface area contributed by atoms with Gasteiger partial charge in [-0.3, -0.25) is 4.79 Å². The normalized spacial score (nSPS) is 16.0. The van der Waals surface area contributed by atoms with Gasteiger partial charge in [-0.2, -0.15) is 0 Å². The zero-order valence-corrected chi connectivity index (χ0v) is 14.6. The Morgan fingerprint density at radius 1 is 1.12 bits per heavy atom. The summed E-state index contributed by atoms with van der Waals surface area (Å²) in [7, 11) is 0. The zero-order valence-electron chi connectivity index (χ0n) is 14.6. The van der Waals surface area contributed by atoms with E-state index in [1.54, 1.807) is 19.1 Å². The summed E-state index contributed by atoms with van der Waals surface area (Å²) >= 11 is 0. The molecule has 1 unspecified atom stereocenters. The van der Waals surface area contributed by atoms with Gasteiger partial charge in [-0.15, -0.1) is 0 Å². The van der Waals surface area contributed by atoms with E-state index in [0.717, 1.165) is 11.1 Å². The molecule has 1 N–H and O–H groups in total. The van der Waals surface area contributed by atoms with Crippen LogP contribution in [0.1, 0.15) is 34.5 Å². The second kappa shape index (κ2) is 7.23. The third kappa shape index (κ3) is 3.66. The minimum absolute atomic E-state index is 0.0303. The fourth-order valence-corrected chi connectivity index (χ4v) is 3.17. The van der Waals surface area contributed by atoms with Crippen LogP contribution in [0.15, 0.2) is 42.5 Å². The lowest BCUT2D eigenvalue weighted by molar-refractivity contribution is 0.0746. The molecule has 2 aromatic carbocycles. The van der Waals surface area contributed by atoms with Gasteiger partial charge in [0.25, 0.3) is 5.91 Å². The number of halogens is 1. The van der Waals surface area contributed by atoms with Crippen molar-refractivity contribution in [2.75, 3.05) is 31.1 Å². The summed E-state index contributed by atoms with van der Waals surface area (Å²) in [5.41, 5.74) is 2.78. The van der Waals surface area contributed by atoms with Crippen LogP contribution in [0.5, 0.6) is 0 Å². The molecule has 25 heavy (non-hydrogen) atoms. The summed E-state index contributed by atoms with van der Waals surface area (Å²) in [6, 6.07) is 12.4. The Labute approximate surface area is 147 Å². The molecule has 132 valence electrons. The van der Waals surface area contributed by atoms with Crippen LogP contribution >= 0.6 is 0 Å². The number of aliphatic hydroxyl groups is 1. The maximum Gasteiger partial charge on any atom is 0.254 e. The molecule has 4 nitrogen and oxygen atoms in total. The smallest absolute Gasteiger partial charge is 0.254 e. The number of hydrogen-bond donors (Lipinski definition) is 1. The molecule has 0 saturated carbocycles. The number of carbonyl (C=O) groups excluding carboxylic acids is 1. The molecule has 0 aromatic heterocycles. The Bertz CT molecular complexity index is 768. The van der Waals surface area contributed by atoms with Gasteiger partial charge in [0.1, 0.15) is 5.82 Å². The second-order valence-electron chi connectivity index (χ2n) is 6.48. The summed E-state index contributed by atoms with van der Waals surface area (Å²) in [6.07, 6.45) is -0.688. The van der Waals surface area contributed by atoms with E-state index in [1.165, 1.54) is 6.07 Å². The van der Waals surface area contributed by atoms with Crippen LogP contribution in [0.3, 0.4) is 0 Å². The molecule has 0 bridgehead atoms. The second-order valence-corrected chi connectivity index (χ2v) is 6.48. The quantitative estimate of drug-likeness (QED) is 0.932. The first kappa shape index (κ1) is 17.4. The summed E-state index contributed by atoms with van der Waals surface area (Å²) in [6.45, 7) is 5.84. The van der Waals surface area contributed by atoms with Gasteiger partial charge in [-0.25, -0.2) is 4.39 Å². The molecule has 1 aliphatic rings. The fraction of sp³-hybridized carbons (Fsp3) is 0.350. The minimum atomic E-state index is -0.688. The standard InChI is InChI=1S/C20H23FN2O2/c1-14-5-3-4-6-17(14)20(25)23-11-9-22(10-12-23)19-8-7-16(15(2)24)13-18(19)21/h3-8,13,15,24H,9-12H2,1-2H3. The third-order valence-electron chi connectivity index (χ3n) is 4.74. The molecule has 1 heterocycles. The van der Waals surface area contributed by atoms with Gasteiger partial charge >= 0.3 is 0 Å². The number of amides is 1. The molecule has 2 aromatic rings. The number of piperazine rings is 1. The molecule has 3 rings (SSSR count).